The molecule has 0 radical (unpaired) electrons. The Morgan fingerprint density at radius 2 is 1.96 bits per heavy atom. The molecule has 0 spiro atoms. The Morgan fingerprint density at radius 3 is 2.67 bits per heavy atom. The van der Waals surface area contributed by atoms with Crippen molar-refractivity contribution in [3.8, 4) is 11.5 Å². The van der Waals surface area contributed by atoms with E-state index in [0.717, 1.165) is 5.56 Å². The molecule has 27 heavy (non-hydrogen) atoms. The largest absolute Gasteiger partial charge is 0.352 e. The summed E-state index contributed by atoms with van der Waals surface area (Å²) >= 11 is 0. The number of benzene rings is 1. The summed E-state index contributed by atoms with van der Waals surface area (Å²) in [6.07, 6.45) is 3.34. The average Bonchev–Trinajstić information content (AvgIpc) is 3.06. The molecule has 0 fully saturated rings. The smallest absolute Gasteiger partial charge is 0.275 e. The Labute approximate surface area is 157 Å². The van der Waals surface area contributed by atoms with Gasteiger partial charge in [-0.3, -0.25) is 14.6 Å². The van der Waals surface area contributed by atoms with E-state index in [-0.39, 0.29) is 17.5 Å². The summed E-state index contributed by atoms with van der Waals surface area (Å²) in [7, 11) is 1.81. The zero-order valence-corrected chi connectivity index (χ0v) is 15.5. The van der Waals surface area contributed by atoms with Crippen LogP contribution in [0, 0.1) is 6.92 Å². The van der Waals surface area contributed by atoms with E-state index < -0.39 is 0 Å². The quantitative estimate of drug-likeness (QED) is 0.729. The van der Waals surface area contributed by atoms with Crippen LogP contribution >= 0.6 is 0 Å². The summed E-state index contributed by atoms with van der Waals surface area (Å²) < 4.78 is 1.76. The fourth-order valence-corrected chi connectivity index (χ4v) is 2.66. The summed E-state index contributed by atoms with van der Waals surface area (Å²) in [5.41, 5.74) is 2.90. The van der Waals surface area contributed by atoms with Gasteiger partial charge < -0.3 is 15.2 Å². The maximum absolute atomic E-state index is 12.7. The first-order chi connectivity index (χ1) is 13.0. The monoisotopic (exact) mass is 363 g/mol. The second kappa shape index (κ2) is 7.82. The zero-order chi connectivity index (χ0) is 19.4. The lowest BCUT2D eigenvalue weighted by atomic mass is 10.1. The fourth-order valence-electron chi connectivity index (χ4n) is 2.66. The summed E-state index contributed by atoms with van der Waals surface area (Å²) in [5.74, 6) is 0.0840. The maximum Gasteiger partial charge on any atom is 0.275 e. The highest BCUT2D eigenvalue weighted by atomic mass is 16.2. The molecule has 2 amide bonds. The Kier molecular flexibility index (Phi) is 5.30. The summed E-state index contributed by atoms with van der Waals surface area (Å²) in [6, 6.07) is 10.7. The van der Waals surface area contributed by atoms with E-state index in [1.807, 2.05) is 39.1 Å². The van der Waals surface area contributed by atoms with E-state index in [1.165, 1.54) is 0 Å². The van der Waals surface area contributed by atoms with Crippen LogP contribution in [0.2, 0.25) is 0 Å². The third-order valence-corrected chi connectivity index (χ3v) is 4.09. The lowest BCUT2D eigenvalue weighted by Gasteiger charge is -2.09. The van der Waals surface area contributed by atoms with Gasteiger partial charge >= 0.3 is 0 Å². The molecule has 0 atom stereocenters. The molecule has 3 rings (SSSR count). The number of aromatic nitrogens is 3. The number of nitrogens with zero attached hydrogens (tertiary/aromatic N) is 3. The molecule has 0 aliphatic heterocycles. The molecule has 0 unspecified atom stereocenters. The third-order valence-electron chi connectivity index (χ3n) is 4.09. The number of aryl methyl sites for hydroxylation is 2. The van der Waals surface area contributed by atoms with Crippen molar-refractivity contribution < 1.29 is 9.59 Å². The lowest BCUT2D eigenvalue weighted by Crippen LogP contribution is -2.23. The Balaban J connectivity index is 1.84. The standard InChI is InChI=1S/C20H21N5O2/c1-4-21-19(26)14-9-8-13(2)16(11-14)24-20(27)17-12-25(3)18(23-17)15-7-5-6-10-22-15/h5-12H,4H2,1-3H3,(H,21,26)(H,24,27). The van der Waals surface area contributed by atoms with Crippen molar-refractivity contribution in [2.75, 3.05) is 11.9 Å². The molecule has 0 aliphatic carbocycles. The summed E-state index contributed by atoms with van der Waals surface area (Å²) in [4.78, 5) is 33.4. The highest BCUT2D eigenvalue weighted by molar-refractivity contribution is 6.04. The molecular weight excluding hydrogens is 342 g/mol. The third kappa shape index (κ3) is 4.03. The molecule has 0 bridgehead atoms. The highest BCUT2D eigenvalue weighted by Crippen LogP contribution is 2.19. The summed E-state index contributed by atoms with van der Waals surface area (Å²) in [5, 5.41) is 5.59. The van der Waals surface area contributed by atoms with Crippen LogP contribution in [0.25, 0.3) is 11.5 Å². The molecule has 0 aliphatic rings. The lowest BCUT2D eigenvalue weighted by molar-refractivity contribution is 0.0954. The van der Waals surface area contributed by atoms with Gasteiger partial charge in [-0.05, 0) is 43.7 Å². The first-order valence-electron chi connectivity index (χ1n) is 8.64. The molecule has 2 heterocycles. The van der Waals surface area contributed by atoms with Crippen LogP contribution in [0.15, 0.2) is 48.8 Å². The van der Waals surface area contributed by atoms with Crippen molar-refractivity contribution in [3.63, 3.8) is 0 Å². The van der Waals surface area contributed by atoms with Crippen molar-refractivity contribution in [1.29, 1.82) is 0 Å². The van der Waals surface area contributed by atoms with Gasteiger partial charge in [0.05, 0.1) is 0 Å². The van der Waals surface area contributed by atoms with Crippen LogP contribution in [0.3, 0.4) is 0 Å². The van der Waals surface area contributed by atoms with Crippen LogP contribution in [0.1, 0.15) is 33.3 Å². The van der Waals surface area contributed by atoms with Gasteiger partial charge in [0.15, 0.2) is 5.82 Å². The van der Waals surface area contributed by atoms with E-state index in [0.29, 0.717) is 29.3 Å². The molecule has 2 aromatic heterocycles. The second-order valence-electron chi connectivity index (χ2n) is 6.12. The molecule has 7 heteroatoms. The van der Waals surface area contributed by atoms with Gasteiger partial charge in [-0.1, -0.05) is 12.1 Å². The number of imidazole rings is 1. The first kappa shape index (κ1) is 18.3. The number of amides is 2. The molecule has 0 saturated heterocycles. The number of carbonyl (C=O) groups excluding carboxylic acids is 2. The fraction of sp³-hybridized carbons (Fsp3) is 0.200. The number of rotatable bonds is 5. The van der Waals surface area contributed by atoms with Crippen LogP contribution in [0.5, 0.6) is 0 Å². The zero-order valence-electron chi connectivity index (χ0n) is 15.5. The van der Waals surface area contributed by atoms with E-state index in [9.17, 15) is 9.59 Å². The van der Waals surface area contributed by atoms with Crippen LogP contribution < -0.4 is 10.6 Å². The highest BCUT2D eigenvalue weighted by Gasteiger charge is 2.16. The Hall–Kier alpha value is -3.48. The predicted octanol–water partition coefficient (Wildman–Crippen LogP) is 2.79. The predicted molar refractivity (Wildman–Crippen MR) is 104 cm³/mol. The van der Waals surface area contributed by atoms with E-state index in [1.54, 1.807) is 35.2 Å². The SMILES string of the molecule is CCNC(=O)c1ccc(C)c(NC(=O)c2cn(C)c(-c3ccccn3)n2)c1. The second-order valence-corrected chi connectivity index (χ2v) is 6.12. The first-order valence-corrected chi connectivity index (χ1v) is 8.64. The van der Waals surface area contributed by atoms with E-state index in [4.69, 9.17) is 0 Å². The van der Waals surface area contributed by atoms with Gasteiger partial charge in [-0.15, -0.1) is 0 Å². The molecular formula is C20H21N5O2. The normalized spacial score (nSPS) is 10.5. The summed E-state index contributed by atoms with van der Waals surface area (Å²) in [6.45, 7) is 4.27. The van der Waals surface area contributed by atoms with Gasteiger partial charge in [-0.25, -0.2) is 4.98 Å². The van der Waals surface area contributed by atoms with Crippen molar-refractivity contribution in [2.45, 2.75) is 13.8 Å². The molecule has 3 aromatic rings. The minimum absolute atomic E-state index is 0.178. The topological polar surface area (TPSA) is 88.9 Å². The minimum atomic E-state index is -0.344. The molecule has 0 saturated carbocycles. The molecule has 7 nitrogen and oxygen atoms in total. The van der Waals surface area contributed by atoms with E-state index in [2.05, 4.69) is 20.6 Å². The Bertz CT molecular complexity index is 979. The van der Waals surface area contributed by atoms with Gasteiger partial charge in [0, 0.05) is 37.2 Å². The van der Waals surface area contributed by atoms with Gasteiger partial charge in [0.1, 0.15) is 11.4 Å². The number of carbonyl (C=O) groups is 2. The minimum Gasteiger partial charge on any atom is -0.352 e. The Morgan fingerprint density at radius 1 is 1.15 bits per heavy atom. The number of nitrogens with one attached hydrogen (secondary N) is 2. The van der Waals surface area contributed by atoms with Gasteiger partial charge in [0.2, 0.25) is 0 Å². The van der Waals surface area contributed by atoms with Gasteiger partial charge in [-0.2, -0.15) is 0 Å². The number of hydrogen-bond donors (Lipinski definition) is 2. The molecule has 1 aromatic carbocycles. The van der Waals surface area contributed by atoms with Crippen LogP contribution in [-0.2, 0) is 7.05 Å². The number of pyridine rings is 1. The van der Waals surface area contributed by atoms with Crippen LogP contribution in [-0.4, -0.2) is 32.9 Å². The van der Waals surface area contributed by atoms with Crippen LogP contribution in [0.4, 0.5) is 5.69 Å². The van der Waals surface area contributed by atoms with Crippen molar-refractivity contribution in [1.82, 2.24) is 19.9 Å². The maximum atomic E-state index is 12.7. The van der Waals surface area contributed by atoms with Crippen molar-refractivity contribution >= 4 is 17.5 Å². The molecule has 2 N–H and O–H groups in total. The van der Waals surface area contributed by atoms with Gasteiger partial charge in [0.25, 0.3) is 11.8 Å². The number of hydrogen-bond acceptors (Lipinski definition) is 4. The molecule has 138 valence electrons. The van der Waals surface area contributed by atoms with Crippen molar-refractivity contribution in [2.24, 2.45) is 7.05 Å². The number of anilines is 1. The van der Waals surface area contributed by atoms with E-state index >= 15 is 0 Å². The average molecular weight is 363 g/mol. The van der Waals surface area contributed by atoms with Crippen molar-refractivity contribution in [3.05, 3.63) is 65.6 Å².